The van der Waals surface area contributed by atoms with Crippen molar-refractivity contribution in [2.24, 2.45) is 5.92 Å². The van der Waals surface area contributed by atoms with E-state index < -0.39 is 23.4 Å². The Morgan fingerprint density at radius 1 is 1.08 bits per heavy atom. The van der Waals surface area contributed by atoms with Crippen molar-refractivity contribution in [3.63, 3.8) is 0 Å². The molecule has 1 fully saturated rings. The van der Waals surface area contributed by atoms with Crippen LogP contribution in [0.15, 0.2) is 48.5 Å². The van der Waals surface area contributed by atoms with Gasteiger partial charge in [-0.1, -0.05) is 48.5 Å². The van der Waals surface area contributed by atoms with E-state index in [0.29, 0.717) is 0 Å². The van der Waals surface area contributed by atoms with Crippen LogP contribution in [-0.4, -0.2) is 24.1 Å². The monoisotopic (exact) mass is 323 g/mol. The number of carbonyl (C=O) groups excluding carboxylic acids is 2. The second kappa shape index (κ2) is 5.18. The van der Waals surface area contributed by atoms with Crippen LogP contribution in [0.5, 0.6) is 0 Å². The zero-order chi connectivity index (χ0) is 16.9. The van der Waals surface area contributed by atoms with Gasteiger partial charge in [0.2, 0.25) is 0 Å². The van der Waals surface area contributed by atoms with E-state index in [0.717, 1.165) is 22.3 Å². The number of carbonyl (C=O) groups is 2. The van der Waals surface area contributed by atoms with Gasteiger partial charge in [0.15, 0.2) is 0 Å². The maximum Gasteiger partial charge on any atom is 0.316 e. The maximum atomic E-state index is 12.2. The van der Waals surface area contributed by atoms with Crippen LogP contribution in [0.2, 0.25) is 0 Å². The van der Waals surface area contributed by atoms with E-state index in [1.54, 1.807) is 0 Å². The number of aliphatic carboxylic acids is 1. The van der Waals surface area contributed by atoms with Crippen LogP contribution >= 0.6 is 0 Å². The first-order valence-electron chi connectivity index (χ1n) is 7.94. The molecule has 0 aromatic heterocycles. The molecule has 2 aliphatic rings. The van der Waals surface area contributed by atoms with Crippen LogP contribution in [-0.2, 0) is 14.3 Å². The maximum absolute atomic E-state index is 12.2. The molecule has 5 heteroatoms. The van der Waals surface area contributed by atoms with Crippen LogP contribution in [0.25, 0.3) is 11.1 Å². The van der Waals surface area contributed by atoms with E-state index in [-0.39, 0.29) is 18.9 Å². The number of carboxylic acid groups (broad SMARTS) is 1. The third kappa shape index (κ3) is 2.12. The minimum atomic E-state index is -1.32. The first kappa shape index (κ1) is 14.9. The van der Waals surface area contributed by atoms with E-state index in [4.69, 9.17) is 4.74 Å². The normalized spacial score (nSPS) is 24.1. The molecule has 0 saturated heterocycles. The van der Waals surface area contributed by atoms with Gasteiger partial charge in [-0.15, -0.1) is 0 Å². The summed E-state index contributed by atoms with van der Waals surface area (Å²) in [6.07, 6.45) is 0.187. The Bertz CT molecular complexity index is 801. The Labute approximate surface area is 139 Å². The number of esters is 1. The fourth-order valence-corrected chi connectivity index (χ4v) is 3.55. The molecule has 0 radical (unpaired) electrons. The Balaban J connectivity index is 1.54. The minimum absolute atomic E-state index is 0.0257. The predicted octanol–water partition coefficient (Wildman–Crippen LogP) is 0.0926. The van der Waals surface area contributed by atoms with E-state index >= 15 is 0 Å². The van der Waals surface area contributed by atoms with Gasteiger partial charge in [0.25, 0.3) is 0 Å². The van der Waals surface area contributed by atoms with Gasteiger partial charge < -0.3 is 20.4 Å². The molecule has 2 atom stereocenters. The summed E-state index contributed by atoms with van der Waals surface area (Å²) in [4.78, 5) is 23.2. The lowest BCUT2D eigenvalue weighted by Crippen LogP contribution is -2.72. The van der Waals surface area contributed by atoms with Crippen molar-refractivity contribution < 1.29 is 25.2 Å². The van der Waals surface area contributed by atoms with Crippen molar-refractivity contribution in [3.8, 4) is 11.1 Å². The Morgan fingerprint density at radius 3 is 2.12 bits per heavy atom. The smallest absolute Gasteiger partial charge is 0.316 e. The number of quaternary nitrogens is 1. The minimum Gasteiger partial charge on any atom is -0.544 e. The van der Waals surface area contributed by atoms with E-state index in [1.165, 1.54) is 0 Å². The largest absolute Gasteiger partial charge is 0.544 e. The molecule has 2 aliphatic carbocycles. The summed E-state index contributed by atoms with van der Waals surface area (Å²) in [7, 11) is 0. The van der Waals surface area contributed by atoms with Crippen LogP contribution in [0.4, 0.5) is 0 Å². The summed E-state index contributed by atoms with van der Waals surface area (Å²) in [6.45, 7) is 0.201. The third-order valence-corrected chi connectivity index (χ3v) is 5.12. The van der Waals surface area contributed by atoms with Crippen molar-refractivity contribution in [1.29, 1.82) is 0 Å². The zero-order valence-corrected chi connectivity index (χ0v) is 13.0. The second-order valence-corrected chi connectivity index (χ2v) is 6.56. The van der Waals surface area contributed by atoms with Crippen LogP contribution < -0.4 is 10.8 Å². The zero-order valence-electron chi connectivity index (χ0n) is 13.0. The van der Waals surface area contributed by atoms with Crippen molar-refractivity contribution >= 4 is 11.9 Å². The highest BCUT2D eigenvalue weighted by Gasteiger charge is 2.62. The highest BCUT2D eigenvalue weighted by atomic mass is 16.5. The number of ether oxygens (including phenoxy) is 1. The van der Waals surface area contributed by atoms with Gasteiger partial charge in [-0.05, 0) is 22.3 Å². The Hall–Kier alpha value is -2.66. The molecular formula is C19H17NO4. The molecule has 5 nitrogen and oxygen atoms in total. The fourth-order valence-electron chi connectivity index (χ4n) is 3.55. The summed E-state index contributed by atoms with van der Waals surface area (Å²) in [5.41, 5.74) is 6.82. The lowest BCUT2D eigenvalue weighted by molar-refractivity contribution is -0.456. The van der Waals surface area contributed by atoms with Gasteiger partial charge in [-0.25, -0.2) is 0 Å². The fraction of sp³-hybridized carbons (Fsp3) is 0.263. The summed E-state index contributed by atoms with van der Waals surface area (Å²) in [6, 6.07) is 16.1. The first-order chi connectivity index (χ1) is 11.5. The number of hydrogen-bond acceptors (Lipinski definition) is 4. The van der Waals surface area contributed by atoms with Crippen molar-refractivity contribution in [2.45, 2.75) is 17.9 Å². The molecule has 1 saturated carbocycles. The lowest BCUT2D eigenvalue weighted by Gasteiger charge is -2.15. The van der Waals surface area contributed by atoms with Gasteiger partial charge in [0.1, 0.15) is 24.0 Å². The predicted molar refractivity (Wildman–Crippen MR) is 83.4 cm³/mol. The number of fused-ring (bicyclic) bond motifs is 3. The molecule has 0 unspecified atom stereocenters. The quantitative estimate of drug-likeness (QED) is 0.807. The third-order valence-electron chi connectivity index (χ3n) is 5.12. The molecule has 0 heterocycles. The van der Waals surface area contributed by atoms with Gasteiger partial charge in [0, 0.05) is 12.3 Å². The number of benzene rings is 2. The van der Waals surface area contributed by atoms with Crippen LogP contribution in [0.3, 0.4) is 0 Å². The molecule has 24 heavy (non-hydrogen) atoms. The summed E-state index contributed by atoms with van der Waals surface area (Å²) < 4.78 is 5.44. The molecule has 0 bridgehead atoms. The molecule has 3 N–H and O–H groups in total. The van der Waals surface area contributed by atoms with E-state index in [2.05, 4.69) is 17.9 Å². The molecule has 0 aliphatic heterocycles. The highest BCUT2D eigenvalue weighted by molar-refractivity contribution is 5.91. The Kier molecular flexibility index (Phi) is 3.21. The summed E-state index contributed by atoms with van der Waals surface area (Å²) in [5.74, 6) is -2.52. The van der Waals surface area contributed by atoms with E-state index in [1.807, 2.05) is 36.4 Å². The van der Waals surface area contributed by atoms with Gasteiger partial charge >= 0.3 is 5.97 Å². The Morgan fingerprint density at radius 2 is 1.62 bits per heavy atom. The van der Waals surface area contributed by atoms with Crippen molar-refractivity contribution in [3.05, 3.63) is 59.7 Å². The average Bonchev–Trinajstić information content (AvgIpc) is 3.20. The second-order valence-electron chi connectivity index (χ2n) is 6.56. The van der Waals surface area contributed by atoms with Crippen molar-refractivity contribution in [2.75, 3.05) is 6.61 Å². The molecule has 0 amide bonds. The molecule has 0 spiro atoms. The molecular weight excluding hydrogens is 306 g/mol. The molecule has 122 valence electrons. The SMILES string of the molecule is [NH3+][C@]1(C(=O)[O-])C[C@@H]1C(=O)OCC1c2ccccc2-c2ccccc21. The molecule has 2 aromatic carbocycles. The molecule has 2 aromatic rings. The van der Waals surface area contributed by atoms with Crippen LogP contribution in [0.1, 0.15) is 23.5 Å². The number of rotatable bonds is 4. The average molecular weight is 323 g/mol. The topological polar surface area (TPSA) is 94.1 Å². The highest BCUT2D eigenvalue weighted by Crippen LogP contribution is 2.45. The summed E-state index contributed by atoms with van der Waals surface area (Å²) in [5, 5.41) is 11.0. The lowest BCUT2D eigenvalue weighted by atomic mass is 9.98. The van der Waals surface area contributed by atoms with Gasteiger partial charge in [-0.3, -0.25) is 4.79 Å². The first-order valence-corrected chi connectivity index (χ1v) is 7.94. The molecule has 4 rings (SSSR count). The van der Waals surface area contributed by atoms with Gasteiger partial charge in [-0.2, -0.15) is 0 Å². The van der Waals surface area contributed by atoms with E-state index in [9.17, 15) is 14.7 Å². The van der Waals surface area contributed by atoms with Gasteiger partial charge in [0.05, 0.1) is 0 Å². The van der Waals surface area contributed by atoms with Crippen molar-refractivity contribution in [1.82, 2.24) is 0 Å². The summed E-state index contributed by atoms with van der Waals surface area (Å²) >= 11 is 0. The number of carboxylic acids is 1. The standard InChI is InChI=1S/C19H17NO4/c20-19(18(22)23)9-16(19)17(21)24-10-15-13-7-3-1-5-11(13)12-6-2-4-8-14(12)15/h1-8,15-16H,9-10,20H2,(H,22,23)/t16-,19-/m1/s1. The number of hydrogen-bond donors (Lipinski definition) is 1. The van der Waals surface area contributed by atoms with Crippen LogP contribution in [0, 0.1) is 5.92 Å².